The Balaban J connectivity index is 2.23. The van der Waals surface area contributed by atoms with Gasteiger partial charge < -0.3 is 10.6 Å². The highest BCUT2D eigenvalue weighted by molar-refractivity contribution is 5.67. The van der Waals surface area contributed by atoms with Crippen molar-refractivity contribution in [1.29, 1.82) is 0 Å². The minimum atomic E-state index is -0.620. The zero-order valence-electron chi connectivity index (χ0n) is 10.3. The van der Waals surface area contributed by atoms with Gasteiger partial charge >= 0.3 is 0 Å². The van der Waals surface area contributed by atoms with Crippen LogP contribution in [0.5, 0.6) is 0 Å². The fraction of sp³-hybridized carbons (Fsp3) is 0.143. The first-order valence-electron chi connectivity index (χ1n) is 5.67. The summed E-state index contributed by atoms with van der Waals surface area (Å²) in [5.74, 6) is -1.67. The van der Waals surface area contributed by atoms with E-state index in [2.05, 4.69) is 0 Å². The average Bonchev–Trinajstić information content (AvgIpc) is 2.32. The zero-order chi connectivity index (χ0) is 14.0. The lowest BCUT2D eigenvalue weighted by Crippen LogP contribution is -2.18. The third kappa shape index (κ3) is 2.99. The normalized spacial score (nSPS) is 10.5. The van der Waals surface area contributed by atoms with Gasteiger partial charge in [0.05, 0.1) is 11.4 Å². The van der Waals surface area contributed by atoms with Gasteiger partial charge in [0.25, 0.3) is 0 Å². The number of hydrogen-bond donors (Lipinski definition) is 1. The Hall–Kier alpha value is -2.17. The van der Waals surface area contributed by atoms with Gasteiger partial charge in [-0.2, -0.15) is 0 Å². The van der Waals surface area contributed by atoms with Crippen molar-refractivity contribution in [3.63, 3.8) is 0 Å². The van der Waals surface area contributed by atoms with Crippen LogP contribution in [0.1, 0.15) is 5.56 Å². The maximum absolute atomic E-state index is 13.5. The summed E-state index contributed by atoms with van der Waals surface area (Å²) in [4.78, 5) is 1.67. The van der Waals surface area contributed by atoms with E-state index in [1.165, 1.54) is 30.3 Å². The highest BCUT2D eigenvalue weighted by Gasteiger charge is 2.10. The van der Waals surface area contributed by atoms with Crippen LogP contribution in [0.3, 0.4) is 0 Å². The molecular formula is C14H13F3N2. The second kappa shape index (κ2) is 5.22. The number of anilines is 2. The van der Waals surface area contributed by atoms with Gasteiger partial charge in [0.1, 0.15) is 17.5 Å². The molecule has 2 aromatic carbocycles. The van der Waals surface area contributed by atoms with Gasteiger partial charge in [-0.25, -0.2) is 13.2 Å². The Morgan fingerprint density at radius 2 is 1.63 bits per heavy atom. The van der Waals surface area contributed by atoms with Gasteiger partial charge in [0.15, 0.2) is 0 Å². The van der Waals surface area contributed by atoms with E-state index in [0.717, 1.165) is 6.07 Å². The molecule has 0 unspecified atom stereocenters. The van der Waals surface area contributed by atoms with Crippen LogP contribution >= 0.6 is 0 Å². The summed E-state index contributed by atoms with van der Waals surface area (Å²) < 4.78 is 39.3. The Morgan fingerprint density at radius 3 is 2.26 bits per heavy atom. The number of hydrogen-bond acceptors (Lipinski definition) is 2. The molecular weight excluding hydrogens is 253 g/mol. The molecule has 100 valence electrons. The molecule has 2 N–H and O–H groups in total. The summed E-state index contributed by atoms with van der Waals surface area (Å²) in [5.41, 5.74) is 6.90. The molecule has 0 aromatic heterocycles. The smallest absolute Gasteiger partial charge is 0.131 e. The van der Waals surface area contributed by atoms with Gasteiger partial charge in [-0.1, -0.05) is 6.07 Å². The van der Waals surface area contributed by atoms with Gasteiger partial charge in [-0.15, -0.1) is 0 Å². The molecule has 5 heteroatoms. The molecule has 0 fully saturated rings. The summed E-state index contributed by atoms with van der Waals surface area (Å²) >= 11 is 0. The van der Waals surface area contributed by atoms with E-state index in [1.54, 1.807) is 11.9 Å². The molecule has 0 heterocycles. The number of halogens is 3. The van der Waals surface area contributed by atoms with Crippen LogP contribution in [0, 0.1) is 17.5 Å². The monoisotopic (exact) mass is 266 g/mol. The fourth-order valence-corrected chi connectivity index (χ4v) is 1.86. The summed E-state index contributed by atoms with van der Waals surface area (Å²) in [6.07, 6.45) is 0. The molecule has 0 atom stereocenters. The molecule has 0 bridgehead atoms. The van der Waals surface area contributed by atoms with Crippen molar-refractivity contribution < 1.29 is 13.2 Å². The second-order valence-corrected chi connectivity index (χ2v) is 4.29. The van der Waals surface area contributed by atoms with Crippen molar-refractivity contribution in [2.75, 3.05) is 17.7 Å². The van der Waals surface area contributed by atoms with Gasteiger partial charge in [-0.3, -0.25) is 0 Å². The molecule has 0 saturated heterocycles. The van der Waals surface area contributed by atoms with Gasteiger partial charge in [-0.05, 0) is 24.3 Å². The SMILES string of the molecule is CN(Cc1ccc(F)cc1F)c1ccc(F)cc1N. The summed E-state index contributed by atoms with van der Waals surface area (Å²) in [6.45, 7) is 0.210. The Morgan fingerprint density at radius 1 is 1.00 bits per heavy atom. The molecule has 0 saturated carbocycles. The molecule has 2 rings (SSSR count). The van der Waals surface area contributed by atoms with Crippen molar-refractivity contribution >= 4 is 11.4 Å². The van der Waals surface area contributed by atoms with E-state index in [-0.39, 0.29) is 12.2 Å². The molecule has 19 heavy (non-hydrogen) atoms. The highest BCUT2D eigenvalue weighted by atomic mass is 19.1. The minimum absolute atomic E-state index is 0.210. The fourth-order valence-electron chi connectivity index (χ4n) is 1.86. The number of benzene rings is 2. The molecule has 2 nitrogen and oxygen atoms in total. The maximum Gasteiger partial charge on any atom is 0.131 e. The van der Waals surface area contributed by atoms with Crippen LogP contribution in [-0.2, 0) is 6.54 Å². The van der Waals surface area contributed by atoms with Gasteiger partial charge in [0, 0.05) is 25.2 Å². The topological polar surface area (TPSA) is 29.3 Å². The lowest BCUT2D eigenvalue weighted by Gasteiger charge is -2.21. The lowest BCUT2D eigenvalue weighted by atomic mass is 10.1. The highest BCUT2D eigenvalue weighted by Crippen LogP contribution is 2.24. The van der Waals surface area contributed by atoms with E-state index in [9.17, 15) is 13.2 Å². The van der Waals surface area contributed by atoms with Crippen LogP contribution < -0.4 is 10.6 Å². The van der Waals surface area contributed by atoms with Crippen molar-refractivity contribution in [3.8, 4) is 0 Å². The van der Waals surface area contributed by atoms with E-state index in [4.69, 9.17) is 5.73 Å². The largest absolute Gasteiger partial charge is 0.397 e. The Labute approximate surface area is 109 Å². The predicted octanol–water partition coefficient (Wildman–Crippen LogP) is 3.32. The third-order valence-corrected chi connectivity index (χ3v) is 2.82. The van der Waals surface area contributed by atoms with Crippen molar-refractivity contribution in [2.24, 2.45) is 0 Å². The maximum atomic E-state index is 13.5. The van der Waals surface area contributed by atoms with Crippen molar-refractivity contribution in [3.05, 3.63) is 59.4 Å². The van der Waals surface area contributed by atoms with Crippen LogP contribution in [0.25, 0.3) is 0 Å². The minimum Gasteiger partial charge on any atom is -0.397 e. The van der Waals surface area contributed by atoms with Crippen LogP contribution in [0.4, 0.5) is 24.5 Å². The first-order valence-corrected chi connectivity index (χ1v) is 5.67. The number of nitrogens with two attached hydrogens (primary N) is 1. The van der Waals surface area contributed by atoms with E-state index >= 15 is 0 Å². The van der Waals surface area contributed by atoms with Crippen LogP contribution in [0.2, 0.25) is 0 Å². The molecule has 0 radical (unpaired) electrons. The number of rotatable bonds is 3. The zero-order valence-corrected chi connectivity index (χ0v) is 10.3. The van der Waals surface area contributed by atoms with E-state index < -0.39 is 17.5 Å². The van der Waals surface area contributed by atoms with Crippen molar-refractivity contribution in [2.45, 2.75) is 6.54 Å². The molecule has 2 aromatic rings. The van der Waals surface area contributed by atoms with Crippen molar-refractivity contribution in [1.82, 2.24) is 0 Å². The number of nitrogens with zero attached hydrogens (tertiary/aromatic N) is 1. The summed E-state index contributed by atoms with van der Waals surface area (Å²) in [5, 5.41) is 0. The third-order valence-electron chi connectivity index (χ3n) is 2.82. The first-order chi connectivity index (χ1) is 8.97. The number of nitrogen functional groups attached to an aromatic ring is 1. The molecule has 0 spiro atoms. The second-order valence-electron chi connectivity index (χ2n) is 4.29. The van der Waals surface area contributed by atoms with E-state index in [0.29, 0.717) is 11.3 Å². The van der Waals surface area contributed by atoms with Gasteiger partial charge in [0.2, 0.25) is 0 Å². The van der Waals surface area contributed by atoms with Crippen LogP contribution in [-0.4, -0.2) is 7.05 Å². The average molecular weight is 266 g/mol. The molecule has 0 aliphatic heterocycles. The molecule has 0 amide bonds. The summed E-state index contributed by atoms with van der Waals surface area (Å²) in [7, 11) is 1.70. The van der Waals surface area contributed by atoms with E-state index in [1.807, 2.05) is 0 Å². The summed E-state index contributed by atoms with van der Waals surface area (Å²) in [6, 6.07) is 7.40. The quantitative estimate of drug-likeness (QED) is 0.863. The Bertz CT molecular complexity index is 599. The molecule has 0 aliphatic carbocycles. The molecule has 0 aliphatic rings. The van der Waals surface area contributed by atoms with Crippen LogP contribution in [0.15, 0.2) is 36.4 Å². The Kier molecular flexibility index (Phi) is 3.64. The lowest BCUT2D eigenvalue weighted by molar-refractivity contribution is 0.571. The standard InChI is InChI=1S/C14H13F3N2/c1-19(14-5-4-11(16)7-13(14)18)8-9-2-3-10(15)6-12(9)17/h2-7H,8,18H2,1H3. The first kappa shape index (κ1) is 13.3. The predicted molar refractivity (Wildman–Crippen MR) is 69.3 cm³/mol.